The van der Waals surface area contributed by atoms with Crippen LogP contribution in [-0.2, 0) is 0 Å². The second-order valence-electron chi connectivity index (χ2n) is 4.71. The number of hydrogen-bond acceptors (Lipinski definition) is 0. The van der Waals surface area contributed by atoms with Gasteiger partial charge in [-0.3, -0.25) is 0 Å². The quantitative estimate of drug-likeness (QED) is 0.547. The molecule has 3 rings (SSSR count). The molecule has 0 aliphatic heterocycles. The monoisotopic (exact) mass is 136 g/mol. The van der Waals surface area contributed by atoms with Crippen molar-refractivity contribution in [1.82, 2.24) is 0 Å². The molecule has 3 aliphatic carbocycles. The van der Waals surface area contributed by atoms with Crippen molar-refractivity contribution in [3.05, 3.63) is 0 Å². The van der Waals surface area contributed by atoms with Gasteiger partial charge in [-0.15, -0.1) is 0 Å². The Bertz CT molecular complexity index is 172. The first-order valence-electron chi connectivity index (χ1n) is 4.82. The normalized spacial score (nSPS) is 67.8. The van der Waals surface area contributed by atoms with E-state index in [1.807, 2.05) is 0 Å². The molecule has 10 heavy (non-hydrogen) atoms. The average molecular weight is 136 g/mol. The van der Waals surface area contributed by atoms with Crippen molar-refractivity contribution in [1.29, 1.82) is 0 Å². The molecule has 0 aromatic carbocycles. The lowest BCUT2D eigenvalue weighted by molar-refractivity contribution is 0.435. The van der Waals surface area contributed by atoms with Gasteiger partial charge in [-0.05, 0) is 35.5 Å². The van der Waals surface area contributed by atoms with Gasteiger partial charge in [0.05, 0.1) is 0 Å². The van der Waals surface area contributed by atoms with E-state index in [1.165, 1.54) is 30.6 Å². The summed E-state index contributed by atoms with van der Waals surface area (Å²) in [4.78, 5) is 0. The minimum absolute atomic E-state index is 0.995. The van der Waals surface area contributed by atoms with Crippen molar-refractivity contribution in [3.63, 3.8) is 0 Å². The minimum atomic E-state index is 0.995. The summed E-state index contributed by atoms with van der Waals surface area (Å²) in [5.74, 6) is 4.78. The molecule has 0 bridgehead atoms. The third kappa shape index (κ3) is 0.383. The lowest BCUT2D eigenvalue weighted by Crippen LogP contribution is -1.99. The van der Waals surface area contributed by atoms with Gasteiger partial charge >= 0.3 is 0 Å². The molecular weight excluding hydrogens is 120 g/mol. The Labute approximate surface area is 63.0 Å². The topological polar surface area (TPSA) is 0 Å². The molecule has 3 aliphatic rings. The van der Waals surface area contributed by atoms with Crippen molar-refractivity contribution < 1.29 is 0 Å². The first kappa shape index (κ1) is 5.62. The number of rotatable bonds is 2. The summed E-state index contributed by atoms with van der Waals surface area (Å²) < 4.78 is 0. The van der Waals surface area contributed by atoms with Gasteiger partial charge in [-0.1, -0.05) is 26.7 Å². The molecule has 0 aromatic rings. The predicted octanol–water partition coefficient (Wildman–Crippen LogP) is 2.69. The molecule has 0 aromatic heterocycles. The molecule has 0 radical (unpaired) electrons. The summed E-state index contributed by atoms with van der Waals surface area (Å²) in [5.41, 5.74) is 0.995. The van der Waals surface area contributed by atoms with E-state index >= 15 is 0 Å². The van der Waals surface area contributed by atoms with E-state index in [0.29, 0.717) is 0 Å². The van der Waals surface area contributed by atoms with Crippen LogP contribution in [0.15, 0.2) is 0 Å². The van der Waals surface area contributed by atoms with Crippen LogP contribution in [0.25, 0.3) is 0 Å². The zero-order valence-corrected chi connectivity index (χ0v) is 6.93. The fourth-order valence-electron chi connectivity index (χ4n) is 3.75. The molecule has 56 valence electrons. The highest BCUT2D eigenvalue weighted by atomic mass is 14.9. The number of fused-ring (bicyclic) bond motifs is 3. The van der Waals surface area contributed by atoms with Gasteiger partial charge in [-0.2, -0.15) is 0 Å². The summed E-state index contributed by atoms with van der Waals surface area (Å²) in [6.07, 6.45) is 4.56. The van der Waals surface area contributed by atoms with Crippen LogP contribution in [0.2, 0.25) is 0 Å². The molecule has 0 nitrogen and oxygen atoms in total. The summed E-state index contributed by atoms with van der Waals surface area (Å²) in [6.45, 7) is 4.76. The maximum Gasteiger partial charge on any atom is -0.0198 e. The van der Waals surface area contributed by atoms with Crippen molar-refractivity contribution in [3.8, 4) is 0 Å². The minimum Gasteiger partial charge on any atom is -0.0654 e. The Kier molecular flexibility index (Phi) is 0.735. The summed E-state index contributed by atoms with van der Waals surface area (Å²) in [6, 6.07) is 0. The highest BCUT2D eigenvalue weighted by Crippen LogP contribution is 2.94. The molecule has 0 heteroatoms. The second-order valence-corrected chi connectivity index (χ2v) is 4.71. The molecule has 0 saturated heterocycles. The van der Waals surface area contributed by atoms with Crippen molar-refractivity contribution in [2.45, 2.75) is 33.1 Å². The Morgan fingerprint density at radius 1 is 1.40 bits per heavy atom. The van der Waals surface area contributed by atoms with E-state index < -0.39 is 0 Å². The second kappa shape index (κ2) is 1.31. The summed E-state index contributed by atoms with van der Waals surface area (Å²) in [5, 5.41) is 0. The molecule has 0 N–H and O–H groups in total. The molecule has 3 unspecified atom stereocenters. The lowest BCUT2D eigenvalue weighted by atomic mass is 10.0. The third-order valence-corrected chi connectivity index (χ3v) is 4.35. The van der Waals surface area contributed by atoms with E-state index in [0.717, 1.165) is 11.3 Å². The molecule has 0 amide bonds. The Morgan fingerprint density at radius 2 is 2.10 bits per heavy atom. The fourth-order valence-corrected chi connectivity index (χ4v) is 3.75. The fraction of sp³-hybridized carbons (Fsp3) is 1.00. The van der Waals surface area contributed by atoms with Crippen LogP contribution in [0.4, 0.5) is 0 Å². The summed E-state index contributed by atoms with van der Waals surface area (Å²) in [7, 11) is 0. The predicted molar refractivity (Wildman–Crippen MR) is 41.6 cm³/mol. The van der Waals surface area contributed by atoms with Crippen molar-refractivity contribution >= 4 is 0 Å². The van der Waals surface area contributed by atoms with E-state index in [-0.39, 0.29) is 0 Å². The molecule has 1 spiro atoms. The highest BCUT2D eigenvalue weighted by molar-refractivity contribution is 5.36. The Balaban J connectivity index is 1.62. The Morgan fingerprint density at radius 3 is 2.60 bits per heavy atom. The first-order chi connectivity index (χ1) is 4.82. The molecule has 3 saturated carbocycles. The third-order valence-electron chi connectivity index (χ3n) is 4.35. The molecule has 3 atom stereocenters. The smallest absolute Gasteiger partial charge is 0.0198 e. The van der Waals surface area contributed by atoms with Gasteiger partial charge in [0.25, 0.3) is 0 Å². The Hall–Kier alpha value is 0. The maximum atomic E-state index is 2.43. The average Bonchev–Trinajstić information content (AvgIpc) is 2.74. The SMILES string of the molecule is CCCC1CC12C1C(C)C12. The van der Waals surface area contributed by atoms with E-state index in [1.54, 1.807) is 6.42 Å². The lowest BCUT2D eigenvalue weighted by Gasteiger charge is -2.04. The van der Waals surface area contributed by atoms with Crippen LogP contribution in [0, 0.1) is 29.1 Å². The van der Waals surface area contributed by atoms with Crippen LogP contribution in [0.1, 0.15) is 33.1 Å². The van der Waals surface area contributed by atoms with Crippen LogP contribution in [-0.4, -0.2) is 0 Å². The molecule has 0 heterocycles. The van der Waals surface area contributed by atoms with Crippen molar-refractivity contribution in [2.24, 2.45) is 29.1 Å². The maximum absolute atomic E-state index is 2.43. The van der Waals surface area contributed by atoms with Gasteiger partial charge in [0, 0.05) is 0 Å². The standard InChI is InChI=1S/C10H16/c1-3-4-7-5-10(7)8-6(2)9(8)10/h6-9H,3-5H2,1-2H3. The van der Waals surface area contributed by atoms with Gasteiger partial charge < -0.3 is 0 Å². The number of hydrogen-bond donors (Lipinski definition) is 0. The molecule has 3 fully saturated rings. The highest BCUT2D eigenvalue weighted by Gasteiger charge is 2.89. The van der Waals surface area contributed by atoms with Crippen LogP contribution < -0.4 is 0 Å². The van der Waals surface area contributed by atoms with Gasteiger partial charge in [0.1, 0.15) is 0 Å². The van der Waals surface area contributed by atoms with Gasteiger partial charge in [-0.25, -0.2) is 0 Å². The van der Waals surface area contributed by atoms with Crippen LogP contribution in [0.5, 0.6) is 0 Å². The first-order valence-corrected chi connectivity index (χ1v) is 4.82. The van der Waals surface area contributed by atoms with Crippen molar-refractivity contribution in [2.75, 3.05) is 0 Å². The van der Waals surface area contributed by atoms with E-state index in [9.17, 15) is 0 Å². The molecular formula is C10H16. The van der Waals surface area contributed by atoms with E-state index in [2.05, 4.69) is 13.8 Å². The largest absolute Gasteiger partial charge is 0.0654 e. The van der Waals surface area contributed by atoms with Gasteiger partial charge in [0.2, 0.25) is 0 Å². The van der Waals surface area contributed by atoms with Crippen LogP contribution in [0.3, 0.4) is 0 Å². The van der Waals surface area contributed by atoms with Crippen LogP contribution >= 0.6 is 0 Å². The van der Waals surface area contributed by atoms with Gasteiger partial charge in [0.15, 0.2) is 0 Å². The van der Waals surface area contributed by atoms with E-state index in [4.69, 9.17) is 0 Å². The zero-order valence-electron chi connectivity index (χ0n) is 6.93. The summed E-state index contributed by atoms with van der Waals surface area (Å²) >= 11 is 0. The zero-order chi connectivity index (χ0) is 6.93.